The minimum atomic E-state index is 0.623. The summed E-state index contributed by atoms with van der Waals surface area (Å²) < 4.78 is 0. The van der Waals surface area contributed by atoms with Gasteiger partial charge in [0.2, 0.25) is 5.95 Å². The number of rotatable bonds is 6. The second kappa shape index (κ2) is 7.77. The molecule has 2 N–H and O–H groups in total. The lowest BCUT2D eigenvalue weighted by molar-refractivity contribution is 0.679. The van der Waals surface area contributed by atoms with Crippen molar-refractivity contribution in [3.05, 3.63) is 53.7 Å². The summed E-state index contributed by atoms with van der Waals surface area (Å²) in [5.74, 6) is 1.49. The molecule has 120 valence electrons. The van der Waals surface area contributed by atoms with E-state index in [0.717, 1.165) is 24.5 Å². The van der Waals surface area contributed by atoms with Crippen molar-refractivity contribution in [2.75, 3.05) is 17.2 Å². The molecule has 0 spiro atoms. The summed E-state index contributed by atoms with van der Waals surface area (Å²) in [6, 6.07) is 10.1. The van der Waals surface area contributed by atoms with Gasteiger partial charge in [-0.3, -0.25) is 0 Å². The van der Waals surface area contributed by atoms with Crippen LogP contribution in [0.25, 0.3) is 0 Å². The summed E-state index contributed by atoms with van der Waals surface area (Å²) in [6.45, 7) is 3.00. The van der Waals surface area contributed by atoms with E-state index in [1.807, 2.05) is 18.2 Å². The van der Waals surface area contributed by atoms with Crippen molar-refractivity contribution in [1.29, 1.82) is 0 Å². The molecule has 1 aromatic carbocycles. The number of nitrogens with one attached hydrogen (secondary N) is 2. The number of hydrogen-bond donors (Lipinski definition) is 2. The van der Waals surface area contributed by atoms with Crippen LogP contribution in [-0.2, 0) is 0 Å². The van der Waals surface area contributed by atoms with Crippen LogP contribution in [0.5, 0.6) is 0 Å². The molecule has 3 rings (SSSR count). The van der Waals surface area contributed by atoms with E-state index in [-0.39, 0.29) is 0 Å². The maximum atomic E-state index is 4.53. The van der Waals surface area contributed by atoms with Crippen LogP contribution < -0.4 is 10.6 Å². The Hall–Kier alpha value is -2.36. The highest BCUT2D eigenvalue weighted by molar-refractivity contribution is 5.55. The minimum Gasteiger partial charge on any atom is -0.370 e. The SMILES string of the molecule is Cc1cccc(Nc2nccc(NCCC3=CCCCC3)n2)c1. The number of anilines is 3. The Balaban J connectivity index is 1.55. The largest absolute Gasteiger partial charge is 0.370 e. The zero-order valence-corrected chi connectivity index (χ0v) is 13.7. The molecule has 0 bridgehead atoms. The molecule has 0 radical (unpaired) electrons. The normalized spacial score (nSPS) is 14.2. The fourth-order valence-electron chi connectivity index (χ4n) is 2.85. The molecule has 0 saturated heterocycles. The second-order valence-electron chi connectivity index (χ2n) is 6.04. The fourth-order valence-corrected chi connectivity index (χ4v) is 2.85. The van der Waals surface area contributed by atoms with Crippen molar-refractivity contribution in [1.82, 2.24) is 9.97 Å². The number of allylic oxidation sites excluding steroid dienone is 1. The molecule has 1 aliphatic rings. The van der Waals surface area contributed by atoms with Crippen LogP contribution in [0, 0.1) is 6.92 Å². The molecular formula is C19H24N4. The molecule has 23 heavy (non-hydrogen) atoms. The van der Waals surface area contributed by atoms with E-state index < -0.39 is 0 Å². The smallest absolute Gasteiger partial charge is 0.229 e. The number of nitrogens with zero attached hydrogens (tertiary/aromatic N) is 2. The number of aryl methyl sites for hydroxylation is 1. The third-order valence-electron chi connectivity index (χ3n) is 4.07. The van der Waals surface area contributed by atoms with Crippen LogP contribution in [0.15, 0.2) is 48.2 Å². The first kappa shape index (κ1) is 15.5. The summed E-state index contributed by atoms with van der Waals surface area (Å²) in [7, 11) is 0. The number of benzene rings is 1. The van der Waals surface area contributed by atoms with E-state index in [1.165, 1.54) is 31.2 Å². The van der Waals surface area contributed by atoms with Gasteiger partial charge in [-0.2, -0.15) is 4.98 Å². The number of aromatic nitrogens is 2. The molecule has 0 atom stereocenters. The predicted molar refractivity (Wildman–Crippen MR) is 96.2 cm³/mol. The Kier molecular flexibility index (Phi) is 5.25. The molecule has 0 amide bonds. The fraction of sp³-hybridized carbons (Fsp3) is 0.368. The highest BCUT2D eigenvalue weighted by Gasteiger charge is 2.04. The molecule has 0 aliphatic heterocycles. The highest BCUT2D eigenvalue weighted by Crippen LogP contribution is 2.20. The summed E-state index contributed by atoms with van der Waals surface area (Å²) >= 11 is 0. The minimum absolute atomic E-state index is 0.623. The van der Waals surface area contributed by atoms with Crippen LogP contribution in [0.2, 0.25) is 0 Å². The summed E-state index contributed by atoms with van der Waals surface area (Å²) in [5, 5.41) is 6.65. The van der Waals surface area contributed by atoms with Crippen molar-refractivity contribution in [3.63, 3.8) is 0 Å². The van der Waals surface area contributed by atoms with Gasteiger partial charge in [0, 0.05) is 18.4 Å². The van der Waals surface area contributed by atoms with Crippen molar-refractivity contribution in [2.24, 2.45) is 0 Å². The van der Waals surface area contributed by atoms with E-state index in [4.69, 9.17) is 0 Å². The van der Waals surface area contributed by atoms with Crippen molar-refractivity contribution in [3.8, 4) is 0 Å². The summed E-state index contributed by atoms with van der Waals surface area (Å²) in [5.41, 5.74) is 3.80. The Labute approximate surface area is 138 Å². The topological polar surface area (TPSA) is 49.8 Å². The van der Waals surface area contributed by atoms with Gasteiger partial charge in [0.25, 0.3) is 0 Å². The van der Waals surface area contributed by atoms with Crippen molar-refractivity contribution in [2.45, 2.75) is 39.0 Å². The third kappa shape index (κ3) is 4.81. The predicted octanol–water partition coefficient (Wildman–Crippen LogP) is 4.83. The first-order valence-electron chi connectivity index (χ1n) is 8.38. The third-order valence-corrected chi connectivity index (χ3v) is 4.07. The standard InChI is InChI=1S/C19H24N4/c1-15-6-5-9-17(14-15)22-19-21-13-11-18(23-19)20-12-10-16-7-3-2-4-8-16/h5-7,9,11,13-14H,2-4,8,10,12H2,1H3,(H2,20,21,22,23). The zero-order chi connectivity index (χ0) is 15.9. The number of hydrogen-bond acceptors (Lipinski definition) is 4. The van der Waals surface area contributed by atoms with Gasteiger partial charge in [0.05, 0.1) is 0 Å². The van der Waals surface area contributed by atoms with Gasteiger partial charge in [-0.25, -0.2) is 4.98 Å². The molecule has 0 fully saturated rings. The quantitative estimate of drug-likeness (QED) is 0.750. The van der Waals surface area contributed by atoms with Gasteiger partial charge in [-0.05, 0) is 62.8 Å². The molecule has 4 nitrogen and oxygen atoms in total. The van der Waals surface area contributed by atoms with Gasteiger partial charge in [0.15, 0.2) is 0 Å². The molecule has 1 aromatic heterocycles. The Morgan fingerprint density at radius 2 is 2.13 bits per heavy atom. The molecule has 0 saturated carbocycles. The van der Waals surface area contributed by atoms with E-state index in [2.05, 4.69) is 45.7 Å². The second-order valence-corrected chi connectivity index (χ2v) is 6.04. The molecule has 1 aliphatic carbocycles. The Morgan fingerprint density at radius 1 is 1.17 bits per heavy atom. The zero-order valence-electron chi connectivity index (χ0n) is 13.7. The van der Waals surface area contributed by atoms with E-state index in [9.17, 15) is 0 Å². The van der Waals surface area contributed by atoms with E-state index in [1.54, 1.807) is 11.8 Å². The Bertz CT molecular complexity index is 679. The van der Waals surface area contributed by atoms with Crippen LogP contribution in [-0.4, -0.2) is 16.5 Å². The first-order valence-corrected chi connectivity index (χ1v) is 8.38. The summed E-state index contributed by atoms with van der Waals surface area (Å²) in [4.78, 5) is 8.82. The molecule has 2 aromatic rings. The maximum Gasteiger partial charge on any atom is 0.229 e. The Morgan fingerprint density at radius 3 is 2.96 bits per heavy atom. The lowest BCUT2D eigenvalue weighted by Gasteiger charge is -2.13. The molecule has 1 heterocycles. The molecule has 0 unspecified atom stereocenters. The highest BCUT2D eigenvalue weighted by atomic mass is 15.1. The summed E-state index contributed by atoms with van der Waals surface area (Å²) in [6.07, 6.45) is 10.5. The van der Waals surface area contributed by atoms with Crippen LogP contribution in [0.4, 0.5) is 17.5 Å². The van der Waals surface area contributed by atoms with Crippen molar-refractivity contribution >= 4 is 17.5 Å². The van der Waals surface area contributed by atoms with E-state index in [0.29, 0.717) is 5.95 Å². The molecular weight excluding hydrogens is 284 g/mol. The average molecular weight is 308 g/mol. The van der Waals surface area contributed by atoms with Gasteiger partial charge in [-0.1, -0.05) is 23.8 Å². The average Bonchev–Trinajstić information content (AvgIpc) is 2.56. The monoisotopic (exact) mass is 308 g/mol. The first-order chi connectivity index (χ1) is 11.3. The van der Waals surface area contributed by atoms with Crippen LogP contribution in [0.1, 0.15) is 37.7 Å². The van der Waals surface area contributed by atoms with Crippen molar-refractivity contribution < 1.29 is 0 Å². The van der Waals surface area contributed by atoms with E-state index >= 15 is 0 Å². The lowest BCUT2D eigenvalue weighted by atomic mass is 9.97. The van der Waals surface area contributed by atoms with Crippen LogP contribution >= 0.6 is 0 Å². The van der Waals surface area contributed by atoms with Gasteiger partial charge < -0.3 is 10.6 Å². The van der Waals surface area contributed by atoms with Crippen LogP contribution in [0.3, 0.4) is 0 Å². The van der Waals surface area contributed by atoms with Gasteiger partial charge in [-0.15, -0.1) is 0 Å². The maximum absolute atomic E-state index is 4.53. The van der Waals surface area contributed by atoms with Gasteiger partial charge >= 0.3 is 0 Å². The molecule has 4 heteroatoms. The van der Waals surface area contributed by atoms with Gasteiger partial charge in [0.1, 0.15) is 5.82 Å². The lowest BCUT2D eigenvalue weighted by Crippen LogP contribution is -2.07.